The maximum Gasteiger partial charge on any atom is 0.309 e. The maximum atomic E-state index is 12.8. The fraction of sp³-hybridized carbons (Fsp3) is 0.167. The van der Waals surface area contributed by atoms with Gasteiger partial charge in [-0.2, -0.15) is 0 Å². The molecule has 24 heavy (non-hydrogen) atoms. The molecule has 0 radical (unpaired) electrons. The van der Waals surface area contributed by atoms with Crippen LogP contribution in [-0.2, 0) is 19.4 Å². The first-order valence-electron chi connectivity index (χ1n) is 7.59. The molecular weight excluding hydrogens is 309 g/mol. The van der Waals surface area contributed by atoms with Gasteiger partial charge in [0.05, 0.1) is 0 Å². The molecule has 1 amide bonds. The number of nitrogens with one attached hydrogen (secondary N) is 1. The van der Waals surface area contributed by atoms with Crippen molar-refractivity contribution < 1.29 is 13.6 Å². The second-order valence-electron chi connectivity index (χ2n) is 5.30. The molecule has 6 heteroatoms. The van der Waals surface area contributed by atoms with E-state index in [4.69, 9.17) is 4.42 Å². The zero-order valence-corrected chi connectivity index (χ0v) is 12.9. The van der Waals surface area contributed by atoms with Crippen molar-refractivity contribution in [2.75, 3.05) is 0 Å². The van der Waals surface area contributed by atoms with E-state index in [1.165, 1.54) is 12.1 Å². The number of nitrogens with zero attached hydrogens (tertiary/aromatic N) is 2. The van der Waals surface area contributed by atoms with Crippen LogP contribution in [0.2, 0.25) is 0 Å². The van der Waals surface area contributed by atoms with Crippen LogP contribution >= 0.6 is 0 Å². The Morgan fingerprint density at radius 3 is 2.46 bits per heavy atom. The highest BCUT2D eigenvalue weighted by molar-refractivity contribution is 5.89. The summed E-state index contributed by atoms with van der Waals surface area (Å²) >= 11 is 0. The highest BCUT2D eigenvalue weighted by atomic mass is 19.1. The molecule has 3 aromatic rings. The number of aryl methyl sites for hydroxylation is 2. The number of carbonyl (C=O) groups is 1. The van der Waals surface area contributed by atoms with Gasteiger partial charge in [-0.1, -0.05) is 42.5 Å². The normalized spacial score (nSPS) is 10.5. The highest BCUT2D eigenvalue weighted by Gasteiger charge is 2.14. The number of benzene rings is 2. The first-order valence-corrected chi connectivity index (χ1v) is 7.59. The van der Waals surface area contributed by atoms with Crippen LogP contribution in [0.1, 0.15) is 27.7 Å². The number of amides is 1. The van der Waals surface area contributed by atoms with E-state index < -0.39 is 5.91 Å². The molecule has 122 valence electrons. The van der Waals surface area contributed by atoms with Crippen molar-refractivity contribution in [3.63, 3.8) is 0 Å². The van der Waals surface area contributed by atoms with E-state index in [0.717, 1.165) is 17.5 Å². The summed E-state index contributed by atoms with van der Waals surface area (Å²) in [6.07, 6.45) is 1.34. The summed E-state index contributed by atoms with van der Waals surface area (Å²) in [4.78, 5) is 12.0. The number of halogens is 1. The van der Waals surface area contributed by atoms with Crippen molar-refractivity contribution in [2.24, 2.45) is 0 Å². The Kier molecular flexibility index (Phi) is 4.96. The number of rotatable bonds is 6. The number of carbonyl (C=O) groups excluding carboxylic acids is 1. The lowest BCUT2D eigenvalue weighted by Gasteiger charge is -2.02. The van der Waals surface area contributed by atoms with E-state index >= 15 is 0 Å². The standard InChI is InChI=1S/C18H16FN3O2/c19-15-9-6-14(7-10-15)12-20-17(23)18-22-21-16(24-18)11-8-13-4-2-1-3-5-13/h1-7,9-10H,8,11-12H2,(H,20,23). The first-order chi connectivity index (χ1) is 11.7. The average Bonchev–Trinajstić information content (AvgIpc) is 3.09. The molecule has 3 rings (SSSR count). The third-order valence-electron chi connectivity index (χ3n) is 3.50. The molecule has 2 aromatic carbocycles. The Morgan fingerprint density at radius 2 is 1.71 bits per heavy atom. The van der Waals surface area contributed by atoms with Crippen LogP contribution in [-0.4, -0.2) is 16.1 Å². The van der Waals surface area contributed by atoms with Crippen molar-refractivity contribution in [2.45, 2.75) is 19.4 Å². The van der Waals surface area contributed by atoms with Gasteiger partial charge < -0.3 is 9.73 Å². The lowest BCUT2D eigenvalue weighted by Crippen LogP contribution is -2.23. The van der Waals surface area contributed by atoms with Gasteiger partial charge in [0.2, 0.25) is 5.89 Å². The summed E-state index contributed by atoms with van der Waals surface area (Å²) in [6, 6.07) is 15.8. The molecule has 0 bridgehead atoms. The Hall–Kier alpha value is -3.02. The van der Waals surface area contributed by atoms with Crippen LogP contribution < -0.4 is 5.32 Å². The molecule has 0 fully saturated rings. The van der Waals surface area contributed by atoms with Crippen molar-refractivity contribution >= 4 is 5.91 Å². The lowest BCUT2D eigenvalue weighted by molar-refractivity contribution is 0.0914. The fourth-order valence-electron chi connectivity index (χ4n) is 2.20. The minimum atomic E-state index is -0.446. The van der Waals surface area contributed by atoms with E-state index in [0.29, 0.717) is 12.3 Å². The molecule has 0 spiro atoms. The number of hydrogen-bond donors (Lipinski definition) is 1. The number of hydrogen-bond acceptors (Lipinski definition) is 4. The summed E-state index contributed by atoms with van der Waals surface area (Å²) < 4.78 is 18.2. The van der Waals surface area contributed by atoms with Crippen LogP contribution in [0.4, 0.5) is 4.39 Å². The van der Waals surface area contributed by atoms with Crippen LogP contribution in [0.25, 0.3) is 0 Å². The highest BCUT2D eigenvalue weighted by Crippen LogP contribution is 2.07. The monoisotopic (exact) mass is 325 g/mol. The van der Waals surface area contributed by atoms with Gasteiger partial charge in [-0.25, -0.2) is 4.39 Å². The summed E-state index contributed by atoms with van der Waals surface area (Å²) in [7, 11) is 0. The predicted molar refractivity (Wildman–Crippen MR) is 85.7 cm³/mol. The molecule has 0 saturated heterocycles. The maximum absolute atomic E-state index is 12.8. The van der Waals surface area contributed by atoms with Gasteiger partial charge in [0.15, 0.2) is 0 Å². The Balaban J connectivity index is 1.52. The molecular formula is C18H16FN3O2. The summed E-state index contributed by atoms with van der Waals surface area (Å²) in [5, 5.41) is 10.3. The molecule has 0 atom stereocenters. The van der Waals surface area contributed by atoms with Gasteiger partial charge in [0.25, 0.3) is 0 Å². The van der Waals surface area contributed by atoms with E-state index in [1.807, 2.05) is 30.3 Å². The summed E-state index contributed by atoms with van der Waals surface area (Å²) in [5.41, 5.74) is 1.95. The number of aromatic nitrogens is 2. The van der Waals surface area contributed by atoms with E-state index in [9.17, 15) is 9.18 Å². The van der Waals surface area contributed by atoms with Crippen LogP contribution in [0, 0.1) is 5.82 Å². The Morgan fingerprint density at radius 1 is 0.958 bits per heavy atom. The van der Waals surface area contributed by atoms with Crippen LogP contribution in [0.5, 0.6) is 0 Å². The van der Waals surface area contributed by atoms with Gasteiger partial charge in [-0.15, -0.1) is 10.2 Å². The van der Waals surface area contributed by atoms with Crippen molar-refractivity contribution in [1.29, 1.82) is 0 Å². The molecule has 5 nitrogen and oxygen atoms in total. The van der Waals surface area contributed by atoms with Crippen molar-refractivity contribution in [1.82, 2.24) is 15.5 Å². The quantitative estimate of drug-likeness (QED) is 0.756. The van der Waals surface area contributed by atoms with Crippen LogP contribution in [0.3, 0.4) is 0 Å². The average molecular weight is 325 g/mol. The molecule has 1 N–H and O–H groups in total. The fourth-order valence-corrected chi connectivity index (χ4v) is 2.20. The lowest BCUT2D eigenvalue weighted by atomic mass is 10.1. The zero-order chi connectivity index (χ0) is 16.8. The summed E-state index contributed by atoms with van der Waals surface area (Å²) in [5.74, 6) is -0.409. The molecule has 0 saturated carbocycles. The molecule has 0 unspecified atom stereocenters. The molecule has 1 aromatic heterocycles. The van der Waals surface area contributed by atoms with E-state index in [1.54, 1.807) is 12.1 Å². The van der Waals surface area contributed by atoms with Gasteiger partial charge >= 0.3 is 11.8 Å². The Labute approximate surface area is 138 Å². The van der Waals surface area contributed by atoms with Gasteiger partial charge in [-0.3, -0.25) is 4.79 Å². The van der Waals surface area contributed by atoms with Gasteiger partial charge in [0.1, 0.15) is 5.82 Å². The SMILES string of the molecule is O=C(NCc1ccc(F)cc1)c1nnc(CCc2ccccc2)o1. The second kappa shape index (κ2) is 7.50. The third kappa shape index (κ3) is 4.25. The Bertz CT molecular complexity index is 801. The molecule has 0 aliphatic carbocycles. The predicted octanol–water partition coefficient (Wildman–Crippen LogP) is 2.92. The molecule has 0 aliphatic heterocycles. The van der Waals surface area contributed by atoms with Gasteiger partial charge in [0, 0.05) is 13.0 Å². The zero-order valence-electron chi connectivity index (χ0n) is 12.9. The minimum Gasteiger partial charge on any atom is -0.417 e. The third-order valence-corrected chi connectivity index (χ3v) is 3.50. The van der Waals surface area contributed by atoms with E-state index in [-0.39, 0.29) is 18.3 Å². The molecule has 0 aliphatic rings. The first kappa shape index (κ1) is 15.9. The van der Waals surface area contributed by atoms with Crippen molar-refractivity contribution in [3.05, 3.63) is 83.3 Å². The van der Waals surface area contributed by atoms with Gasteiger partial charge in [-0.05, 0) is 29.7 Å². The minimum absolute atomic E-state index is 0.0693. The smallest absolute Gasteiger partial charge is 0.309 e. The van der Waals surface area contributed by atoms with Crippen molar-refractivity contribution in [3.8, 4) is 0 Å². The van der Waals surface area contributed by atoms with Crippen LogP contribution in [0.15, 0.2) is 59.0 Å². The van der Waals surface area contributed by atoms with E-state index in [2.05, 4.69) is 15.5 Å². The second-order valence-corrected chi connectivity index (χ2v) is 5.30. The topological polar surface area (TPSA) is 68.0 Å². The summed E-state index contributed by atoms with van der Waals surface area (Å²) in [6.45, 7) is 0.265. The largest absolute Gasteiger partial charge is 0.417 e. The molecule has 1 heterocycles.